The van der Waals surface area contributed by atoms with E-state index in [-0.39, 0.29) is 20.9 Å². The highest BCUT2D eigenvalue weighted by molar-refractivity contribution is 7.89. The Morgan fingerprint density at radius 3 is 1.44 bits per heavy atom. The summed E-state index contributed by atoms with van der Waals surface area (Å²) >= 11 is 0. The topological polar surface area (TPSA) is 121 Å². The molecule has 4 rings (SSSR count). The second kappa shape index (κ2) is 9.52. The minimum absolute atomic E-state index is 0.104. The number of pyridine rings is 2. The predicted molar refractivity (Wildman–Crippen MR) is 118 cm³/mol. The van der Waals surface area contributed by atoms with Crippen molar-refractivity contribution in [1.82, 2.24) is 18.6 Å². The third-order valence-corrected chi connectivity index (χ3v) is 9.97. The van der Waals surface area contributed by atoms with Crippen LogP contribution in [0.3, 0.4) is 0 Å². The van der Waals surface area contributed by atoms with Gasteiger partial charge in [0.1, 0.15) is 15.9 Å². The van der Waals surface area contributed by atoms with E-state index in [1.807, 2.05) is 0 Å². The van der Waals surface area contributed by atoms with Gasteiger partial charge in [-0.1, -0.05) is 12.8 Å². The van der Waals surface area contributed by atoms with Crippen LogP contribution in [-0.2, 0) is 20.0 Å². The predicted octanol–water partition coefficient (Wildman–Crippen LogP) is 1.91. The molecule has 0 atom stereocenters. The molecule has 32 heavy (non-hydrogen) atoms. The zero-order valence-electron chi connectivity index (χ0n) is 17.8. The molecule has 2 aromatic heterocycles. The third-order valence-electron chi connectivity index (χ3n) is 6.09. The van der Waals surface area contributed by atoms with E-state index in [2.05, 4.69) is 9.97 Å². The second-order valence-electron chi connectivity index (χ2n) is 8.16. The average Bonchev–Trinajstić information content (AvgIpc) is 2.84. The van der Waals surface area contributed by atoms with Crippen molar-refractivity contribution in [1.29, 1.82) is 0 Å². The van der Waals surface area contributed by atoms with E-state index in [0.717, 1.165) is 38.5 Å². The van der Waals surface area contributed by atoms with Crippen molar-refractivity contribution in [3.63, 3.8) is 0 Å². The van der Waals surface area contributed by atoms with Crippen molar-refractivity contribution in [3.05, 3.63) is 48.0 Å². The number of hydrogen-bond acceptors (Lipinski definition) is 7. The van der Waals surface area contributed by atoms with Crippen molar-refractivity contribution >= 4 is 20.0 Å². The van der Waals surface area contributed by atoms with Crippen molar-refractivity contribution < 1.29 is 21.9 Å². The summed E-state index contributed by atoms with van der Waals surface area (Å²) in [6.07, 6.45) is 8.84. The molecule has 0 amide bonds. The number of rotatable bonds is 6. The number of nitrogens with zero attached hydrogens (tertiary/aromatic N) is 4. The molecular weight excluding hydrogens is 452 g/mol. The number of piperidine rings is 2. The molecule has 2 aliphatic rings. The summed E-state index contributed by atoms with van der Waals surface area (Å²) in [5.74, 6) is 0. The van der Waals surface area contributed by atoms with Gasteiger partial charge in [0.05, 0.1) is 0 Å². The van der Waals surface area contributed by atoms with Gasteiger partial charge in [0.15, 0.2) is 0 Å². The zero-order valence-corrected chi connectivity index (χ0v) is 19.4. The van der Waals surface area contributed by atoms with Crippen LogP contribution in [0, 0.1) is 0 Å². The summed E-state index contributed by atoms with van der Waals surface area (Å²) in [6.45, 7) is 1.65. The van der Waals surface area contributed by atoms with Crippen LogP contribution in [-0.4, -0.2) is 66.7 Å². The molecule has 0 bridgehead atoms. The minimum atomic E-state index is -3.88. The smallest absolute Gasteiger partial charge is 0.244 e. The molecule has 0 aromatic carbocycles. The van der Waals surface area contributed by atoms with Crippen molar-refractivity contribution in [2.75, 3.05) is 26.2 Å². The maximum atomic E-state index is 13.3. The molecule has 0 spiro atoms. The van der Waals surface area contributed by atoms with E-state index in [0.29, 0.717) is 26.2 Å². The van der Waals surface area contributed by atoms with E-state index in [9.17, 15) is 21.9 Å². The van der Waals surface area contributed by atoms with Gasteiger partial charge in [-0.15, -0.1) is 0 Å². The molecule has 174 valence electrons. The Balaban J connectivity index is 1.75. The highest BCUT2D eigenvalue weighted by Crippen LogP contribution is 2.34. The molecule has 1 N–H and O–H groups in total. The Bertz CT molecular complexity index is 1070. The first kappa shape index (κ1) is 23.2. The lowest BCUT2D eigenvalue weighted by Gasteiger charge is -2.28. The molecule has 2 aromatic rings. The van der Waals surface area contributed by atoms with Crippen LogP contribution >= 0.6 is 0 Å². The van der Waals surface area contributed by atoms with Gasteiger partial charge in [0.25, 0.3) is 0 Å². The summed E-state index contributed by atoms with van der Waals surface area (Å²) in [5.41, 5.74) is 0.207. The Kier molecular flexibility index (Phi) is 6.91. The Morgan fingerprint density at radius 1 is 0.688 bits per heavy atom. The molecule has 0 radical (unpaired) electrons. The number of sulfonamides is 2. The van der Waals surface area contributed by atoms with Crippen LogP contribution in [0.4, 0.5) is 0 Å². The number of hydrogen-bond donors (Lipinski definition) is 1. The number of aliphatic hydroxyl groups excluding tert-OH is 1. The highest BCUT2D eigenvalue weighted by Gasteiger charge is 2.34. The summed E-state index contributed by atoms with van der Waals surface area (Å²) in [7, 11) is -7.76. The Morgan fingerprint density at radius 2 is 1.06 bits per heavy atom. The second-order valence-corrected chi connectivity index (χ2v) is 12.0. The fourth-order valence-electron chi connectivity index (χ4n) is 4.32. The summed E-state index contributed by atoms with van der Waals surface area (Å²) in [5, 5.41) is 11.3. The van der Waals surface area contributed by atoms with Crippen LogP contribution in [0.2, 0.25) is 0 Å². The van der Waals surface area contributed by atoms with E-state index >= 15 is 0 Å². The molecule has 9 nitrogen and oxygen atoms in total. The normalized spacial score (nSPS) is 19.3. The lowest BCUT2D eigenvalue weighted by Crippen LogP contribution is -2.37. The van der Waals surface area contributed by atoms with Gasteiger partial charge in [-0.3, -0.25) is 9.97 Å². The van der Waals surface area contributed by atoms with Crippen molar-refractivity contribution in [2.45, 2.75) is 54.4 Å². The first-order valence-electron chi connectivity index (χ1n) is 10.9. The summed E-state index contributed by atoms with van der Waals surface area (Å²) in [6, 6.07) is 2.86. The minimum Gasteiger partial charge on any atom is -0.384 e. The van der Waals surface area contributed by atoms with Crippen molar-refractivity contribution in [3.8, 4) is 0 Å². The third kappa shape index (κ3) is 4.44. The van der Waals surface area contributed by atoms with Gasteiger partial charge in [-0.05, 0) is 37.8 Å². The van der Waals surface area contributed by atoms with Gasteiger partial charge in [0, 0.05) is 62.1 Å². The van der Waals surface area contributed by atoms with E-state index in [1.54, 1.807) is 0 Å². The molecule has 0 aliphatic carbocycles. The van der Waals surface area contributed by atoms with Gasteiger partial charge in [-0.2, -0.15) is 8.61 Å². The standard InChI is InChI=1S/C21H28N4O5S2/c26-21(17-7-9-22-15-19(17)31(27,28)24-11-3-1-4-12-24)18-8-10-23-16-20(18)32(29,30)25-13-5-2-6-14-25/h7-10,15-16,21,26H,1-6,11-14H2. The quantitative estimate of drug-likeness (QED) is 0.670. The zero-order chi connectivity index (χ0) is 22.8. The van der Waals surface area contributed by atoms with Gasteiger partial charge in [-0.25, -0.2) is 16.8 Å². The number of aliphatic hydroxyl groups is 1. The van der Waals surface area contributed by atoms with Crippen LogP contribution in [0.25, 0.3) is 0 Å². The van der Waals surface area contributed by atoms with E-state index < -0.39 is 26.2 Å². The Hall–Kier alpha value is -1.92. The van der Waals surface area contributed by atoms with E-state index in [4.69, 9.17) is 0 Å². The molecule has 2 aliphatic heterocycles. The van der Waals surface area contributed by atoms with E-state index in [1.165, 1.54) is 45.5 Å². The van der Waals surface area contributed by atoms with Crippen LogP contribution in [0.5, 0.6) is 0 Å². The van der Waals surface area contributed by atoms with Crippen molar-refractivity contribution in [2.24, 2.45) is 0 Å². The van der Waals surface area contributed by atoms with Gasteiger partial charge < -0.3 is 5.11 Å². The summed E-state index contributed by atoms with van der Waals surface area (Å²) in [4.78, 5) is 7.73. The molecule has 4 heterocycles. The maximum Gasteiger partial charge on any atom is 0.244 e. The number of aromatic nitrogens is 2. The first-order chi connectivity index (χ1) is 15.3. The maximum absolute atomic E-state index is 13.3. The molecule has 0 unspecified atom stereocenters. The molecule has 11 heteroatoms. The van der Waals surface area contributed by atoms with Crippen LogP contribution in [0.15, 0.2) is 46.7 Å². The largest absolute Gasteiger partial charge is 0.384 e. The average molecular weight is 481 g/mol. The van der Waals surface area contributed by atoms with Gasteiger partial charge >= 0.3 is 0 Å². The SMILES string of the molecule is O=S(=O)(c1cnccc1C(O)c1ccncc1S(=O)(=O)N1CCCCC1)N1CCCCC1. The monoisotopic (exact) mass is 480 g/mol. The first-order valence-corrected chi connectivity index (χ1v) is 13.8. The lowest BCUT2D eigenvalue weighted by atomic mass is 10.0. The van der Waals surface area contributed by atoms with Crippen LogP contribution in [0.1, 0.15) is 55.8 Å². The molecule has 0 saturated carbocycles. The van der Waals surface area contributed by atoms with Crippen LogP contribution < -0.4 is 0 Å². The molecule has 2 saturated heterocycles. The fraction of sp³-hybridized carbons (Fsp3) is 0.524. The molecular formula is C21H28N4O5S2. The molecule has 2 fully saturated rings. The highest BCUT2D eigenvalue weighted by atomic mass is 32.2. The fourth-order valence-corrected chi connectivity index (χ4v) is 7.70. The summed E-state index contributed by atoms with van der Waals surface area (Å²) < 4.78 is 56.0. The lowest BCUT2D eigenvalue weighted by molar-refractivity contribution is 0.212. The van der Waals surface area contributed by atoms with Gasteiger partial charge in [0.2, 0.25) is 20.0 Å². The Labute approximate surface area is 189 Å².